The summed E-state index contributed by atoms with van der Waals surface area (Å²) in [5.74, 6) is 1.52. The molecule has 2 nitrogen and oxygen atoms in total. The van der Waals surface area contributed by atoms with Crippen LogP contribution in [0.4, 0.5) is 0 Å². The quantitative estimate of drug-likeness (QED) is 0.763. The van der Waals surface area contributed by atoms with Gasteiger partial charge in [0.05, 0.1) is 4.47 Å². The third-order valence-electron chi connectivity index (χ3n) is 2.56. The van der Waals surface area contributed by atoms with Gasteiger partial charge in [0.15, 0.2) is 0 Å². The predicted octanol–water partition coefficient (Wildman–Crippen LogP) is 5.16. The zero-order valence-electron chi connectivity index (χ0n) is 10.00. The number of halogens is 3. The summed E-state index contributed by atoms with van der Waals surface area (Å²) >= 11 is 12.8. The van der Waals surface area contributed by atoms with E-state index in [-0.39, 0.29) is 0 Å². The molecule has 0 saturated heterocycles. The highest BCUT2D eigenvalue weighted by atomic mass is 79.9. The van der Waals surface area contributed by atoms with Crippen molar-refractivity contribution in [2.75, 3.05) is 6.54 Å². The summed E-state index contributed by atoms with van der Waals surface area (Å²) in [5, 5.41) is 0.663. The van der Waals surface area contributed by atoms with Gasteiger partial charge < -0.3 is 10.5 Å². The standard InChI is InChI=1S/C14H12Br2ClNO/c15-10-2-1-9(5-6-18)14(7-10)19-13-4-3-11(17)8-12(13)16/h1-4,7-8H,5-6,18H2. The van der Waals surface area contributed by atoms with Crippen molar-refractivity contribution >= 4 is 43.5 Å². The largest absolute Gasteiger partial charge is 0.456 e. The molecule has 0 spiro atoms. The highest BCUT2D eigenvalue weighted by Gasteiger charge is 2.08. The van der Waals surface area contributed by atoms with E-state index in [0.29, 0.717) is 11.6 Å². The molecule has 0 fully saturated rings. The van der Waals surface area contributed by atoms with Crippen LogP contribution in [0.2, 0.25) is 5.02 Å². The first kappa shape index (κ1) is 14.9. The molecule has 0 aliphatic heterocycles. The molecule has 0 aromatic heterocycles. The van der Waals surface area contributed by atoms with Gasteiger partial charge in [-0.15, -0.1) is 0 Å². The molecule has 2 N–H and O–H groups in total. The van der Waals surface area contributed by atoms with Gasteiger partial charge in [0, 0.05) is 9.50 Å². The summed E-state index contributed by atoms with van der Waals surface area (Å²) < 4.78 is 7.72. The van der Waals surface area contributed by atoms with Crippen LogP contribution < -0.4 is 10.5 Å². The lowest BCUT2D eigenvalue weighted by Gasteiger charge is -2.12. The van der Waals surface area contributed by atoms with Gasteiger partial charge in [-0.2, -0.15) is 0 Å². The molecule has 0 aliphatic carbocycles. The zero-order chi connectivity index (χ0) is 13.8. The third kappa shape index (κ3) is 3.96. The van der Waals surface area contributed by atoms with E-state index in [9.17, 15) is 0 Å². The monoisotopic (exact) mass is 403 g/mol. The zero-order valence-corrected chi connectivity index (χ0v) is 13.9. The van der Waals surface area contributed by atoms with Crippen molar-refractivity contribution in [1.82, 2.24) is 0 Å². The molecule has 0 atom stereocenters. The summed E-state index contributed by atoms with van der Waals surface area (Å²) in [5.41, 5.74) is 6.69. The van der Waals surface area contributed by atoms with Gasteiger partial charge in [-0.05, 0) is 64.8 Å². The minimum absolute atomic E-state index is 0.583. The van der Waals surface area contributed by atoms with Gasteiger partial charge >= 0.3 is 0 Å². The Hall–Kier alpha value is -0.550. The van der Waals surface area contributed by atoms with Crippen LogP contribution in [0.25, 0.3) is 0 Å². The fourth-order valence-electron chi connectivity index (χ4n) is 1.66. The van der Waals surface area contributed by atoms with Crippen molar-refractivity contribution in [2.45, 2.75) is 6.42 Å². The van der Waals surface area contributed by atoms with E-state index in [0.717, 1.165) is 32.4 Å². The maximum Gasteiger partial charge on any atom is 0.141 e. The Labute approximate surface area is 134 Å². The number of ether oxygens (including phenoxy) is 1. The molecule has 19 heavy (non-hydrogen) atoms. The minimum Gasteiger partial charge on any atom is -0.456 e. The van der Waals surface area contributed by atoms with Crippen LogP contribution in [0.3, 0.4) is 0 Å². The molecule has 0 aliphatic rings. The average molecular weight is 406 g/mol. The molecule has 2 aromatic rings. The van der Waals surface area contributed by atoms with E-state index in [1.165, 1.54) is 0 Å². The Bertz CT molecular complexity index is 590. The van der Waals surface area contributed by atoms with E-state index < -0.39 is 0 Å². The van der Waals surface area contributed by atoms with Gasteiger partial charge in [-0.3, -0.25) is 0 Å². The van der Waals surface area contributed by atoms with Crippen molar-refractivity contribution in [1.29, 1.82) is 0 Å². The number of hydrogen-bond acceptors (Lipinski definition) is 2. The fraction of sp³-hybridized carbons (Fsp3) is 0.143. The van der Waals surface area contributed by atoms with Crippen LogP contribution in [0, 0.1) is 0 Å². The number of benzene rings is 2. The third-order valence-corrected chi connectivity index (χ3v) is 3.90. The molecule has 2 aromatic carbocycles. The summed E-state index contributed by atoms with van der Waals surface area (Å²) in [6.07, 6.45) is 0.772. The summed E-state index contributed by atoms with van der Waals surface area (Å²) in [4.78, 5) is 0. The van der Waals surface area contributed by atoms with Crippen molar-refractivity contribution in [2.24, 2.45) is 5.73 Å². The predicted molar refractivity (Wildman–Crippen MR) is 86.1 cm³/mol. The van der Waals surface area contributed by atoms with Crippen LogP contribution in [0.1, 0.15) is 5.56 Å². The summed E-state index contributed by atoms with van der Waals surface area (Å²) in [6.45, 7) is 0.583. The second kappa shape index (κ2) is 6.75. The molecule has 5 heteroatoms. The highest BCUT2D eigenvalue weighted by molar-refractivity contribution is 9.10. The van der Waals surface area contributed by atoms with Gasteiger partial charge in [-0.25, -0.2) is 0 Å². The van der Waals surface area contributed by atoms with Gasteiger partial charge in [0.2, 0.25) is 0 Å². The summed E-state index contributed by atoms with van der Waals surface area (Å²) in [6, 6.07) is 11.4. The maximum absolute atomic E-state index is 5.94. The molecular weight excluding hydrogens is 393 g/mol. The minimum atomic E-state index is 0.583. The SMILES string of the molecule is NCCc1ccc(Br)cc1Oc1ccc(Cl)cc1Br. The van der Waals surface area contributed by atoms with Crippen LogP contribution in [-0.2, 0) is 6.42 Å². The molecule has 0 radical (unpaired) electrons. The maximum atomic E-state index is 5.94. The number of nitrogens with two attached hydrogens (primary N) is 1. The van der Waals surface area contributed by atoms with Crippen molar-refractivity contribution in [3.63, 3.8) is 0 Å². The van der Waals surface area contributed by atoms with Gasteiger partial charge in [0.25, 0.3) is 0 Å². The Morgan fingerprint density at radius 2 is 1.84 bits per heavy atom. The van der Waals surface area contributed by atoms with Crippen LogP contribution in [0.15, 0.2) is 45.3 Å². The number of rotatable bonds is 4. The van der Waals surface area contributed by atoms with Crippen molar-refractivity contribution in [3.8, 4) is 11.5 Å². The lowest BCUT2D eigenvalue weighted by Crippen LogP contribution is -2.04. The van der Waals surface area contributed by atoms with Crippen molar-refractivity contribution in [3.05, 3.63) is 55.9 Å². The average Bonchev–Trinajstić information content (AvgIpc) is 2.36. The van der Waals surface area contributed by atoms with E-state index in [1.54, 1.807) is 12.1 Å². The van der Waals surface area contributed by atoms with Crippen LogP contribution in [0.5, 0.6) is 11.5 Å². The smallest absolute Gasteiger partial charge is 0.141 e. The normalized spacial score (nSPS) is 10.5. The van der Waals surface area contributed by atoms with Crippen LogP contribution in [-0.4, -0.2) is 6.54 Å². The first-order chi connectivity index (χ1) is 9.10. The second-order valence-electron chi connectivity index (χ2n) is 3.97. The molecule has 0 unspecified atom stereocenters. The fourth-order valence-corrected chi connectivity index (χ4v) is 2.77. The van der Waals surface area contributed by atoms with Crippen LogP contribution >= 0.6 is 43.5 Å². The topological polar surface area (TPSA) is 35.2 Å². The van der Waals surface area contributed by atoms with E-state index in [2.05, 4.69) is 31.9 Å². The first-order valence-corrected chi connectivity index (χ1v) is 7.68. The lowest BCUT2D eigenvalue weighted by molar-refractivity contribution is 0.473. The van der Waals surface area contributed by atoms with E-state index in [1.807, 2.05) is 24.3 Å². The molecule has 0 amide bonds. The van der Waals surface area contributed by atoms with E-state index >= 15 is 0 Å². The molecule has 0 bridgehead atoms. The first-order valence-electron chi connectivity index (χ1n) is 5.71. The van der Waals surface area contributed by atoms with Gasteiger partial charge in [-0.1, -0.05) is 33.6 Å². The lowest BCUT2D eigenvalue weighted by atomic mass is 10.1. The molecule has 0 heterocycles. The second-order valence-corrected chi connectivity index (χ2v) is 6.17. The van der Waals surface area contributed by atoms with Gasteiger partial charge in [0.1, 0.15) is 11.5 Å². The molecule has 100 valence electrons. The Morgan fingerprint density at radius 1 is 1.05 bits per heavy atom. The Kier molecular flexibility index (Phi) is 5.28. The molecule has 2 rings (SSSR count). The van der Waals surface area contributed by atoms with E-state index in [4.69, 9.17) is 22.1 Å². The summed E-state index contributed by atoms with van der Waals surface area (Å²) in [7, 11) is 0. The van der Waals surface area contributed by atoms with Crippen molar-refractivity contribution < 1.29 is 4.74 Å². The molecule has 0 saturated carbocycles. The number of hydrogen-bond donors (Lipinski definition) is 1. The highest BCUT2D eigenvalue weighted by Crippen LogP contribution is 2.34. The molecular formula is C14H12Br2ClNO. The Balaban J connectivity index is 2.33. The Morgan fingerprint density at radius 3 is 2.53 bits per heavy atom.